The third-order valence-electron chi connectivity index (χ3n) is 4.15. The molecule has 3 rings (SSSR count). The van der Waals surface area contributed by atoms with Crippen LogP contribution in [0.5, 0.6) is 11.5 Å². The fraction of sp³-hybridized carbons (Fsp3) is 0.136. The molecule has 33 heavy (non-hydrogen) atoms. The maximum atomic E-state index is 14.1. The summed E-state index contributed by atoms with van der Waals surface area (Å²) < 4.78 is 84.3. The molecule has 0 bridgehead atoms. The fourth-order valence-electron chi connectivity index (χ4n) is 2.46. The second-order valence-corrected chi connectivity index (χ2v) is 7.73. The number of benzene rings is 3. The predicted molar refractivity (Wildman–Crippen MR) is 110 cm³/mol. The van der Waals surface area contributed by atoms with Gasteiger partial charge in [-0.05, 0) is 24.6 Å². The van der Waals surface area contributed by atoms with Gasteiger partial charge >= 0.3 is 14.5 Å². The summed E-state index contributed by atoms with van der Waals surface area (Å²) in [4.78, 5) is 12.3. The Labute approximate surface area is 187 Å². The zero-order valence-corrected chi connectivity index (χ0v) is 17.9. The van der Waals surface area contributed by atoms with Gasteiger partial charge in [0, 0.05) is 0 Å². The first-order chi connectivity index (χ1) is 15.8. The molecule has 1 N–H and O–H groups in total. The Morgan fingerprint density at radius 3 is 1.91 bits per heavy atom. The molecule has 0 aromatic heterocycles. The smallest absolute Gasteiger partial charge is 0.382 e. The van der Waals surface area contributed by atoms with E-state index < -0.39 is 55.4 Å². The maximum absolute atomic E-state index is 14.1. The number of carbonyl (C=O) groups excluding carboxylic acids is 1. The summed E-state index contributed by atoms with van der Waals surface area (Å²) in [7, 11) is -2.60. The van der Waals surface area contributed by atoms with Crippen molar-refractivity contribution in [3.05, 3.63) is 95.3 Å². The van der Waals surface area contributed by atoms with E-state index in [2.05, 4.69) is 5.09 Å². The van der Waals surface area contributed by atoms with Crippen molar-refractivity contribution < 1.29 is 40.5 Å². The molecule has 3 aromatic carbocycles. The molecular weight excluding hydrogens is 468 g/mol. The van der Waals surface area contributed by atoms with E-state index in [4.69, 9.17) is 13.8 Å². The minimum absolute atomic E-state index is 0.0400. The van der Waals surface area contributed by atoms with Crippen molar-refractivity contribution in [2.75, 3.05) is 0 Å². The minimum Gasteiger partial charge on any atom is -0.460 e. The molecule has 5 nitrogen and oxygen atoms in total. The molecule has 11 heteroatoms. The molecule has 0 aliphatic rings. The summed E-state index contributed by atoms with van der Waals surface area (Å²) in [6.45, 7) is 1.32. The number of carbonyl (C=O) groups is 1. The van der Waals surface area contributed by atoms with Gasteiger partial charge in [0.25, 0.3) is 0 Å². The Kier molecular flexibility index (Phi) is 8.19. The molecule has 0 saturated heterocycles. The third kappa shape index (κ3) is 6.18. The van der Waals surface area contributed by atoms with Gasteiger partial charge in [0.05, 0.1) is 0 Å². The van der Waals surface area contributed by atoms with Crippen molar-refractivity contribution in [2.24, 2.45) is 0 Å². The van der Waals surface area contributed by atoms with Crippen molar-refractivity contribution in [1.82, 2.24) is 5.09 Å². The molecule has 0 aliphatic carbocycles. The first-order valence-electron chi connectivity index (χ1n) is 9.47. The van der Waals surface area contributed by atoms with Crippen LogP contribution in [0.1, 0.15) is 12.5 Å². The Hall–Kier alpha value is -3.23. The van der Waals surface area contributed by atoms with Gasteiger partial charge < -0.3 is 13.8 Å². The maximum Gasteiger partial charge on any atom is 0.382 e. The van der Waals surface area contributed by atoms with Crippen molar-refractivity contribution >= 4 is 14.5 Å². The van der Waals surface area contributed by atoms with Crippen LogP contribution in [0.4, 0.5) is 22.0 Å². The Morgan fingerprint density at radius 1 is 0.818 bits per heavy atom. The van der Waals surface area contributed by atoms with E-state index in [0.717, 1.165) is 5.56 Å². The summed E-state index contributed by atoms with van der Waals surface area (Å²) in [6.07, 6.45) is 0. The summed E-state index contributed by atoms with van der Waals surface area (Å²) in [5, 5.41) is 2.53. The molecule has 174 valence electrons. The van der Waals surface area contributed by atoms with Gasteiger partial charge in [0.2, 0.25) is 34.8 Å². The monoisotopic (exact) mass is 485 g/mol. The average Bonchev–Trinajstić information content (AvgIpc) is 2.83. The summed E-state index contributed by atoms with van der Waals surface area (Å²) in [5.41, 5.74) is 0.721. The average molecular weight is 485 g/mol. The molecular formula is C22H17F5NO4P. The molecule has 3 aromatic rings. The van der Waals surface area contributed by atoms with Crippen LogP contribution in [-0.2, 0) is 16.1 Å². The molecule has 0 fully saturated rings. The number of halogens is 5. The molecule has 0 heterocycles. The van der Waals surface area contributed by atoms with E-state index >= 15 is 0 Å². The summed E-state index contributed by atoms with van der Waals surface area (Å²) in [5.74, 6) is -13.1. The fourth-order valence-corrected chi connectivity index (χ4v) is 3.66. The molecule has 0 saturated carbocycles. The number of hydrogen-bond acceptors (Lipinski definition) is 5. The Balaban J connectivity index is 1.78. The number of para-hydroxylation sites is 1. The standard InChI is InChI=1S/C22H17F5NO4P/c1-13(22(29)30-12-14-8-4-2-5-9-14)28-33(31-15-10-6-3-7-11-15)32-21-19(26)17(24)16(23)18(25)20(21)27/h2-11,13,28H,12H2,1H3. The van der Waals surface area contributed by atoms with Gasteiger partial charge in [-0.1, -0.05) is 48.5 Å². The Bertz CT molecular complexity index is 1080. The number of hydrogen-bond donors (Lipinski definition) is 1. The summed E-state index contributed by atoms with van der Waals surface area (Å²) in [6, 6.07) is 15.4. The van der Waals surface area contributed by atoms with Crippen LogP contribution in [0.2, 0.25) is 0 Å². The van der Waals surface area contributed by atoms with E-state index in [9.17, 15) is 26.7 Å². The highest BCUT2D eigenvalue weighted by Crippen LogP contribution is 2.41. The largest absolute Gasteiger partial charge is 0.460 e. The highest BCUT2D eigenvalue weighted by Gasteiger charge is 2.32. The van der Waals surface area contributed by atoms with E-state index in [1.54, 1.807) is 48.5 Å². The third-order valence-corrected chi connectivity index (χ3v) is 5.47. The number of esters is 1. The Morgan fingerprint density at radius 2 is 1.33 bits per heavy atom. The van der Waals surface area contributed by atoms with Gasteiger partial charge in [-0.15, -0.1) is 0 Å². The van der Waals surface area contributed by atoms with E-state index in [1.807, 2.05) is 0 Å². The summed E-state index contributed by atoms with van der Waals surface area (Å²) >= 11 is 0. The van der Waals surface area contributed by atoms with Crippen LogP contribution in [-0.4, -0.2) is 12.0 Å². The van der Waals surface area contributed by atoms with Gasteiger partial charge in [-0.25, -0.2) is 18.3 Å². The predicted octanol–water partition coefficient (Wildman–Crippen LogP) is 5.79. The normalized spacial score (nSPS) is 12.7. The molecule has 2 atom stereocenters. The van der Waals surface area contributed by atoms with Gasteiger partial charge in [-0.3, -0.25) is 4.79 Å². The van der Waals surface area contributed by atoms with Crippen LogP contribution in [0.15, 0.2) is 60.7 Å². The molecule has 0 aliphatic heterocycles. The lowest BCUT2D eigenvalue weighted by atomic mass is 10.2. The van der Waals surface area contributed by atoms with E-state index in [-0.39, 0.29) is 12.4 Å². The molecule has 2 unspecified atom stereocenters. The van der Waals surface area contributed by atoms with Crippen LogP contribution in [0, 0.1) is 29.1 Å². The van der Waals surface area contributed by atoms with Crippen molar-refractivity contribution in [2.45, 2.75) is 19.6 Å². The van der Waals surface area contributed by atoms with Crippen molar-refractivity contribution in [1.29, 1.82) is 0 Å². The number of rotatable bonds is 9. The molecule has 0 spiro atoms. The lowest BCUT2D eigenvalue weighted by Gasteiger charge is -2.22. The van der Waals surface area contributed by atoms with Gasteiger partial charge in [0.15, 0.2) is 0 Å². The van der Waals surface area contributed by atoms with Crippen LogP contribution in [0.25, 0.3) is 0 Å². The number of ether oxygens (including phenoxy) is 1. The quantitative estimate of drug-likeness (QED) is 0.137. The van der Waals surface area contributed by atoms with Gasteiger partial charge in [-0.2, -0.15) is 8.78 Å². The number of nitrogens with one attached hydrogen (secondary N) is 1. The zero-order valence-electron chi connectivity index (χ0n) is 17.0. The second-order valence-electron chi connectivity index (χ2n) is 6.60. The minimum atomic E-state index is -2.60. The molecule has 0 radical (unpaired) electrons. The van der Waals surface area contributed by atoms with E-state index in [1.165, 1.54) is 19.1 Å². The first-order valence-corrected chi connectivity index (χ1v) is 10.6. The SMILES string of the molecule is CC(NP(Oc1ccccc1)Oc1c(F)c(F)c(F)c(F)c1F)C(=O)OCc1ccccc1. The van der Waals surface area contributed by atoms with Crippen LogP contribution in [0.3, 0.4) is 0 Å². The van der Waals surface area contributed by atoms with E-state index in [0.29, 0.717) is 0 Å². The van der Waals surface area contributed by atoms with Gasteiger partial charge in [0.1, 0.15) is 18.4 Å². The zero-order chi connectivity index (χ0) is 24.0. The first kappa shape index (κ1) is 24.4. The highest BCUT2D eigenvalue weighted by molar-refractivity contribution is 7.45. The lowest BCUT2D eigenvalue weighted by Crippen LogP contribution is -2.34. The lowest BCUT2D eigenvalue weighted by molar-refractivity contribution is -0.146. The van der Waals surface area contributed by atoms with Crippen LogP contribution < -0.4 is 14.1 Å². The second kappa shape index (κ2) is 11.1. The topological polar surface area (TPSA) is 56.8 Å². The van der Waals surface area contributed by atoms with Crippen LogP contribution >= 0.6 is 8.53 Å². The van der Waals surface area contributed by atoms with Crippen molar-refractivity contribution in [3.63, 3.8) is 0 Å². The highest BCUT2D eigenvalue weighted by atomic mass is 31.2. The van der Waals surface area contributed by atoms with Crippen molar-refractivity contribution in [3.8, 4) is 11.5 Å². The molecule has 0 amide bonds.